The van der Waals surface area contributed by atoms with Gasteiger partial charge in [0.05, 0.1) is 17.9 Å². The number of fused-ring (bicyclic) bond motifs is 1. The van der Waals surface area contributed by atoms with Crippen LogP contribution in [0.15, 0.2) is 23.0 Å². The minimum absolute atomic E-state index is 0.0469. The second kappa shape index (κ2) is 7.60. The Labute approximate surface area is 162 Å². The molecule has 3 heterocycles. The highest BCUT2D eigenvalue weighted by Gasteiger charge is 2.27. The molecule has 2 aromatic rings. The molecule has 0 unspecified atom stereocenters. The van der Waals surface area contributed by atoms with Crippen LogP contribution in [0.2, 0.25) is 0 Å². The first kappa shape index (κ1) is 19.0. The normalized spacial score (nSPS) is 22.9. The number of anilines is 1. The Bertz CT molecular complexity index is 903. The van der Waals surface area contributed by atoms with Crippen LogP contribution in [-0.2, 0) is 24.2 Å². The Morgan fingerprint density at radius 2 is 1.89 bits per heavy atom. The minimum Gasteiger partial charge on any atom is -0.372 e. The van der Waals surface area contributed by atoms with Crippen molar-refractivity contribution in [3.8, 4) is 0 Å². The molecule has 0 spiro atoms. The van der Waals surface area contributed by atoms with E-state index in [1.54, 1.807) is 0 Å². The zero-order chi connectivity index (χ0) is 19.8. The Balaban J connectivity index is 1.57. The molecular weight excluding hydrogens is 366 g/mol. The van der Waals surface area contributed by atoms with Gasteiger partial charge in [-0.1, -0.05) is 6.07 Å². The first-order valence-electron chi connectivity index (χ1n) is 9.58. The summed E-state index contributed by atoms with van der Waals surface area (Å²) >= 11 is 0. The molecular formula is C20H24F2N4O2. The number of hydrogen-bond acceptors (Lipinski definition) is 5. The first-order valence-corrected chi connectivity index (χ1v) is 9.58. The second-order valence-electron chi connectivity index (χ2n) is 7.64. The van der Waals surface area contributed by atoms with Gasteiger partial charge in [0.25, 0.3) is 5.56 Å². The maximum Gasteiger partial charge on any atom is 0.255 e. The van der Waals surface area contributed by atoms with Gasteiger partial charge in [-0.15, -0.1) is 0 Å². The van der Waals surface area contributed by atoms with E-state index in [1.165, 1.54) is 18.2 Å². The van der Waals surface area contributed by atoms with Gasteiger partial charge in [0, 0.05) is 43.9 Å². The van der Waals surface area contributed by atoms with Crippen molar-refractivity contribution in [2.75, 3.05) is 24.5 Å². The quantitative estimate of drug-likeness (QED) is 0.871. The molecule has 2 atom stereocenters. The van der Waals surface area contributed by atoms with Gasteiger partial charge in [0.1, 0.15) is 11.6 Å². The fraction of sp³-hybridized carbons (Fsp3) is 0.500. The molecule has 0 aliphatic carbocycles. The summed E-state index contributed by atoms with van der Waals surface area (Å²) < 4.78 is 33.7. The lowest BCUT2D eigenvalue weighted by Gasteiger charge is -2.36. The number of H-pyrrole nitrogens is 1. The molecule has 1 saturated heterocycles. The monoisotopic (exact) mass is 390 g/mol. The second-order valence-corrected chi connectivity index (χ2v) is 7.64. The third-order valence-corrected chi connectivity index (χ3v) is 5.30. The summed E-state index contributed by atoms with van der Waals surface area (Å²) in [7, 11) is 0. The van der Waals surface area contributed by atoms with Crippen molar-refractivity contribution in [3.63, 3.8) is 0 Å². The highest BCUT2D eigenvalue weighted by Crippen LogP contribution is 2.22. The summed E-state index contributed by atoms with van der Waals surface area (Å²) in [5.41, 5.74) is 1.24. The van der Waals surface area contributed by atoms with E-state index in [1.807, 2.05) is 23.6 Å². The zero-order valence-electron chi connectivity index (χ0n) is 16.0. The summed E-state index contributed by atoms with van der Waals surface area (Å²) in [6.07, 6.45) is 0.598. The predicted octanol–water partition coefficient (Wildman–Crippen LogP) is 2.22. The molecule has 1 aromatic heterocycles. The number of benzene rings is 1. The average molecular weight is 390 g/mol. The lowest BCUT2D eigenvalue weighted by Crippen LogP contribution is -2.47. The van der Waals surface area contributed by atoms with Crippen LogP contribution in [-0.4, -0.2) is 46.7 Å². The highest BCUT2D eigenvalue weighted by molar-refractivity contribution is 5.35. The SMILES string of the molecule is C[C@@H]1CN(c2nc3c(c(=O)[nH]2)CCN(Cc2c(F)cccc2F)C3)C[C@@H](C)O1. The van der Waals surface area contributed by atoms with Gasteiger partial charge in [-0.2, -0.15) is 0 Å². The van der Waals surface area contributed by atoms with Crippen LogP contribution in [0.1, 0.15) is 30.7 Å². The minimum atomic E-state index is -0.554. The number of ether oxygens (including phenoxy) is 1. The van der Waals surface area contributed by atoms with E-state index in [9.17, 15) is 13.6 Å². The summed E-state index contributed by atoms with van der Waals surface area (Å²) in [5.74, 6) is -0.576. The fourth-order valence-electron chi connectivity index (χ4n) is 4.02. The average Bonchev–Trinajstić information content (AvgIpc) is 2.64. The van der Waals surface area contributed by atoms with Crippen LogP contribution in [0.3, 0.4) is 0 Å². The van der Waals surface area contributed by atoms with Crippen molar-refractivity contribution in [2.45, 2.75) is 45.6 Å². The number of rotatable bonds is 3. The number of nitrogens with zero attached hydrogens (tertiary/aromatic N) is 3. The van der Waals surface area contributed by atoms with Crippen LogP contribution in [0.25, 0.3) is 0 Å². The van der Waals surface area contributed by atoms with Gasteiger partial charge in [-0.05, 0) is 32.4 Å². The Kier molecular flexibility index (Phi) is 5.16. The van der Waals surface area contributed by atoms with E-state index in [2.05, 4.69) is 9.97 Å². The molecule has 6 nitrogen and oxygen atoms in total. The number of morpholine rings is 1. The van der Waals surface area contributed by atoms with Gasteiger partial charge in [-0.3, -0.25) is 14.7 Å². The smallest absolute Gasteiger partial charge is 0.255 e. The molecule has 0 saturated carbocycles. The van der Waals surface area contributed by atoms with Gasteiger partial charge in [-0.25, -0.2) is 13.8 Å². The maximum atomic E-state index is 14.0. The Morgan fingerprint density at radius 1 is 1.21 bits per heavy atom. The van der Waals surface area contributed by atoms with Crippen molar-refractivity contribution >= 4 is 5.95 Å². The molecule has 1 aromatic carbocycles. The largest absolute Gasteiger partial charge is 0.372 e. The van der Waals surface area contributed by atoms with Crippen molar-refractivity contribution in [1.29, 1.82) is 0 Å². The predicted molar refractivity (Wildman–Crippen MR) is 101 cm³/mol. The van der Waals surface area contributed by atoms with Crippen LogP contribution in [0.5, 0.6) is 0 Å². The van der Waals surface area contributed by atoms with E-state index in [0.717, 1.165) is 0 Å². The zero-order valence-corrected chi connectivity index (χ0v) is 16.0. The van der Waals surface area contributed by atoms with Gasteiger partial charge in [0.2, 0.25) is 5.95 Å². The molecule has 4 rings (SSSR count). The third kappa shape index (κ3) is 3.79. The molecule has 1 N–H and O–H groups in total. The van der Waals surface area contributed by atoms with E-state index >= 15 is 0 Å². The third-order valence-electron chi connectivity index (χ3n) is 5.30. The van der Waals surface area contributed by atoms with Crippen molar-refractivity contribution in [1.82, 2.24) is 14.9 Å². The van der Waals surface area contributed by atoms with Gasteiger partial charge < -0.3 is 9.64 Å². The van der Waals surface area contributed by atoms with Crippen LogP contribution in [0.4, 0.5) is 14.7 Å². The van der Waals surface area contributed by atoms with Crippen LogP contribution >= 0.6 is 0 Å². The topological polar surface area (TPSA) is 61.5 Å². The lowest BCUT2D eigenvalue weighted by molar-refractivity contribution is -0.00576. The van der Waals surface area contributed by atoms with E-state index < -0.39 is 11.6 Å². The molecule has 0 bridgehead atoms. The standard InChI is InChI=1S/C20H24F2N4O2/c1-12-8-26(9-13(2)28-12)20-23-18-11-25(7-6-14(18)19(27)24-20)10-15-16(21)4-3-5-17(15)22/h3-5,12-13H,6-11H2,1-2H3,(H,23,24,27)/t12-,13-/m1/s1. The molecule has 8 heteroatoms. The molecule has 28 heavy (non-hydrogen) atoms. The Morgan fingerprint density at radius 3 is 2.57 bits per heavy atom. The van der Waals surface area contributed by atoms with E-state index in [-0.39, 0.29) is 29.9 Å². The summed E-state index contributed by atoms with van der Waals surface area (Å²) in [4.78, 5) is 24.1. The van der Waals surface area contributed by atoms with Crippen molar-refractivity contribution in [2.24, 2.45) is 0 Å². The number of nitrogens with one attached hydrogen (secondary N) is 1. The lowest BCUT2D eigenvalue weighted by atomic mass is 10.1. The van der Waals surface area contributed by atoms with Crippen LogP contribution < -0.4 is 10.5 Å². The molecule has 0 radical (unpaired) electrons. The molecule has 1 fully saturated rings. The van der Waals surface area contributed by atoms with Crippen molar-refractivity contribution < 1.29 is 13.5 Å². The van der Waals surface area contributed by atoms with E-state index in [0.29, 0.717) is 49.8 Å². The molecule has 150 valence electrons. The van der Waals surface area contributed by atoms with Crippen molar-refractivity contribution in [3.05, 3.63) is 57.0 Å². The molecule has 2 aliphatic rings. The number of halogens is 2. The summed E-state index contributed by atoms with van der Waals surface area (Å²) in [6, 6.07) is 3.88. The fourth-order valence-corrected chi connectivity index (χ4v) is 4.02. The number of aromatic nitrogens is 2. The molecule has 0 amide bonds. The summed E-state index contributed by atoms with van der Waals surface area (Å²) in [5, 5.41) is 0. The highest BCUT2D eigenvalue weighted by atomic mass is 19.1. The molecule has 2 aliphatic heterocycles. The van der Waals surface area contributed by atoms with Gasteiger partial charge in [0.15, 0.2) is 0 Å². The maximum absolute atomic E-state index is 14.0. The van der Waals surface area contributed by atoms with E-state index in [4.69, 9.17) is 4.74 Å². The number of hydrogen-bond donors (Lipinski definition) is 1. The number of aromatic amines is 1. The Hall–Kier alpha value is -2.32. The van der Waals surface area contributed by atoms with Gasteiger partial charge >= 0.3 is 0 Å². The summed E-state index contributed by atoms with van der Waals surface area (Å²) in [6.45, 7) is 6.36. The first-order chi connectivity index (χ1) is 13.4. The van der Waals surface area contributed by atoms with Crippen LogP contribution in [0, 0.1) is 11.6 Å².